The lowest BCUT2D eigenvalue weighted by molar-refractivity contribution is 0.768. The van der Waals surface area contributed by atoms with Crippen molar-refractivity contribution in [3.63, 3.8) is 0 Å². The maximum Gasteiger partial charge on any atom is 0.0794 e. The van der Waals surface area contributed by atoms with E-state index in [-0.39, 0.29) is 0 Å². The Hall–Kier alpha value is -6.83. The van der Waals surface area contributed by atoms with Gasteiger partial charge in [-0.25, -0.2) is 4.98 Å². The van der Waals surface area contributed by atoms with Gasteiger partial charge in [0.15, 0.2) is 0 Å². The van der Waals surface area contributed by atoms with Gasteiger partial charge in [-0.15, -0.1) is 0 Å². The summed E-state index contributed by atoms with van der Waals surface area (Å²) in [5.74, 6) is 0. The minimum Gasteiger partial charge on any atom is -0.246 e. The molecule has 11 rings (SSSR count). The molecule has 0 aliphatic heterocycles. The van der Waals surface area contributed by atoms with Crippen molar-refractivity contribution in [2.24, 2.45) is 0 Å². The number of hydrogen-bond acceptors (Lipinski definition) is 1. The molecule has 2 aliphatic carbocycles. The molecule has 0 unspecified atom stereocenters. The highest BCUT2D eigenvalue weighted by molar-refractivity contribution is 6.21. The number of rotatable bonds is 5. The highest BCUT2D eigenvalue weighted by Gasteiger charge is 2.46. The lowest BCUT2D eigenvalue weighted by atomic mass is 9.67. The molecule has 1 nitrogen and oxygen atoms in total. The van der Waals surface area contributed by atoms with Crippen molar-refractivity contribution < 1.29 is 0 Å². The molecule has 0 bridgehead atoms. The Morgan fingerprint density at radius 3 is 1.55 bits per heavy atom. The molecular weight excluding hydrogens is 663 g/mol. The smallest absolute Gasteiger partial charge is 0.0794 e. The maximum atomic E-state index is 5.82. The SMILES string of the molecule is Cc1ccc(C2(c3ccc(C)cc3)c3ccccc3-c3ccc(-c4nc(-c5ccccc5)c5c(c4-c4ccccc4)-c4cccc6cccc-5c46)cc32)cc1. The van der Waals surface area contributed by atoms with Gasteiger partial charge in [0.1, 0.15) is 0 Å². The molecule has 258 valence electrons. The fourth-order valence-electron chi connectivity index (χ4n) is 9.60. The summed E-state index contributed by atoms with van der Waals surface area (Å²) in [6, 6.07) is 69.6. The zero-order valence-corrected chi connectivity index (χ0v) is 30.8. The van der Waals surface area contributed by atoms with E-state index >= 15 is 0 Å². The van der Waals surface area contributed by atoms with Crippen LogP contribution in [0.1, 0.15) is 33.4 Å². The lowest BCUT2D eigenvalue weighted by Gasteiger charge is -2.34. The molecule has 0 atom stereocenters. The van der Waals surface area contributed by atoms with Crippen LogP contribution in [-0.4, -0.2) is 4.98 Å². The second kappa shape index (κ2) is 12.1. The number of fused-ring (bicyclic) bond motifs is 6. The van der Waals surface area contributed by atoms with Gasteiger partial charge in [-0.1, -0.05) is 193 Å². The zero-order valence-electron chi connectivity index (χ0n) is 30.8. The van der Waals surface area contributed by atoms with Crippen LogP contribution in [0, 0.1) is 13.8 Å². The standard InChI is InChI=1S/C54H37N/c1-34-23-28-40(29-24-34)54(41-30-25-35(2)26-31-41)46-22-10-9-19-42(46)43-32-27-39(33-47(43)54)53-49(37-13-5-3-6-14-37)50-44-20-11-17-36-18-12-21-45(48(36)44)51(50)52(55-53)38-15-7-4-8-16-38/h3-33H,1-2H3. The molecular formula is C54H37N. The molecule has 1 heteroatoms. The number of benzene rings is 8. The molecule has 1 aromatic heterocycles. The number of hydrogen-bond donors (Lipinski definition) is 0. The highest BCUT2D eigenvalue weighted by atomic mass is 14.7. The first kappa shape index (κ1) is 31.7. The fraction of sp³-hybridized carbons (Fsp3) is 0.0556. The summed E-state index contributed by atoms with van der Waals surface area (Å²) in [6.45, 7) is 4.34. The summed E-state index contributed by atoms with van der Waals surface area (Å²) in [4.78, 5) is 5.82. The van der Waals surface area contributed by atoms with Crippen molar-refractivity contribution in [3.8, 4) is 67.0 Å². The molecule has 2 aliphatic rings. The zero-order chi connectivity index (χ0) is 36.7. The molecule has 55 heavy (non-hydrogen) atoms. The quantitative estimate of drug-likeness (QED) is 0.174. The van der Waals surface area contributed by atoms with Crippen molar-refractivity contribution in [2.75, 3.05) is 0 Å². The van der Waals surface area contributed by atoms with E-state index in [1.54, 1.807) is 0 Å². The lowest BCUT2D eigenvalue weighted by Crippen LogP contribution is -2.28. The van der Waals surface area contributed by atoms with Crippen molar-refractivity contribution in [1.29, 1.82) is 0 Å². The molecule has 0 radical (unpaired) electrons. The van der Waals surface area contributed by atoms with E-state index < -0.39 is 5.41 Å². The van der Waals surface area contributed by atoms with Crippen LogP contribution in [0.25, 0.3) is 77.8 Å². The van der Waals surface area contributed by atoms with Crippen LogP contribution < -0.4 is 0 Å². The first-order valence-corrected chi connectivity index (χ1v) is 19.2. The Balaban J connectivity index is 1.28. The first-order chi connectivity index (χ1) is 27.1. The number of nitrogens with zero attached hydrogens (tertiary/aromatic N) is 1. The van der Waals surface area contributed by atoms with Crippen LogP contribution >= 0.6 is 0 Å². The highest BCUT2D eigenvalue weighted by Crippen LogP contribution is 2.59. The molecule has 0 amide bonds. The average Bonchev–Trinajstić information content (AvgIpc) is 3.73. The number of aromatic nitrogens is 1. The van der Waals surface area contributed by atoms with Gasteiger partial charge >= 0.3 is 0 Å². The Morgan fingerprint density at radius 2 is 0.891 bits per heavy atom. The minimum atomic E-state index is -0.517. The molecule has 0 saturated heterocycles. The maximum absolute atomic E-state index is 5.82. The second-order valence-corrected chi connectivity index (χ2v) is 15.2. The Labute approximate surface area is 322 Å². The summed E-state index contributed by atoms with van der Waals surface area (Å²) < 4.78 is 0. The van der Waals surface area contributed by atoms with Crippen LogP contribution in [0.4, 0.5) is 0 Å². The summed E-state index contributed by atoms with van der Waals surface area (Å²) in [5, 5.41) is 2.55. The van der Waals surface area contributed by atoms with Gasteiger partial charge in [0, 0.05) is 27.8 Å². The van der Waals surface area contributed by atoms with Crippen molar-refractivity contribution in [2.45, 2.75) is 19.3 Å². The van der Waals surface area contributed by atoms with Crippen molar-refractivity contribution >= 4 is 10.8 Å². The molecule has 1 heterocycles. The van der Waals surface area contributed by atoms with Gasteiger partial charge in [0.2, 0.25) is 0 Å². The van der Waals surface area contributed by atoms with Crippen LogP contribution in [-0.2, 0) is 5.41 Å². The topological polar surface area (TPSA) is 12.9 Å². The first-order valence-electron chi connectivity index (χ1n) is 19.2. The third-order valence-corrected chi connectivity index (χ3v) is 12.0. The number of pyridine rings is 1. The van der Waals surface area contributed by atoms with Crippen LogP contribution in [0.2, 0.25) is 0 Å². The Bertz CT molecular complexity index is 2910. The molecule has 0 spiro atoms. The monoisotopic (exact) mass is 699 g/mol. The summed E-state index contributed by atoms with van der Waals surface area (Å²) >= 11 is 0. The summed E-state index contributed by atoms with van der Waals surface area (Å²) in [6.07, 6.45) is 0. The molecule has 0 saturated carbocycles. The summed E-state index contributed by atoms with van der Waals surface area (Å²) in [7, 11) is 0. The molecule has 0 N–H and O–H groups in total. The molecule has 9 aromatic rings. The summed E-state index contributed by atoms with van der Waals surface area (Å²) in [5.41, 5.74) is 21.2. The normalized spacial score (nSPS) is 13.1. The van der Waals surface area contributed by atoms with Gasteiger partial charge in [-0.2, -0.15) is 0 Å². The van der Waals surface area contributed by atoms with Crippen molar-refractivity contribution in [1.82, 2.24) is 4.98 Å². The van der Waals surface area contributed by atoms with E-state index in [0.717, 1.165) is 28.1 Å². The predicted molar refractivity (Wildman–Crippen MR) is 229 cm³/mol. The molecule has 0 fully saturated rings. The van der Waals surface area contributed by atoms with Crippen LogP contribution in [0.3, 0.4) is 0 Å². The van der Waals surface area contributed by atoms with Gasteiger partial charge < -0.3 is 0 Å². The van der Waals surface area contributed by atoms with E-state index in [4.69, 9.17) is 4.98 Å². The van der Waals surface area contributed by atoms with Gasteiger partial charge in [-0.3, -0.25) is 0 Å². The average molecular weight is 700 g/mol. The fourth-order valence-corrected chi connectivity index (χ4v) is 9.60. The largest absolute Gasteiger partial charge is 0.246 e. The van der Waals surface area contributed by atoms with Crippen LogP contribution in [0.5, 0.6) is 0 Å². The number of aryl methyl sites for hydroxylation is 2. The predicted octanol–water partition coefficient (Wildman–Crippen LogP) is 13.9. The van der Waals surface area contributed by atoms with E-state index in [1.165, 1.54) is 83.1 Å². The minimum absolute atomic E-state index is 0.517. The molecule has 8 aromatic carbocycles. The second-order valence-electron chi connectivity index (χ2n) is 15.2. The van der Waals surface area contributed by atoms with E-state index in [9.17, 15) is 0 Å². The Kier molecular flexibility index (Phi) is 6.97. The third-order valence-electron chi connectivity index (χ3n) is 12.0. The van der Waals surface area contributed by atoms with E-state index in [1.807, 2.05) is 0 Å². The van der Waals surface area contributed by atoms with Gasteiger partial charge in [0.05, 0.1) is 16.8 Å². The van der Waals surface area contributed by atoms with E-state index in [0.29, 0.717) is 0 Å². The van der Waals surface area contributed by atoms with Gasteiger partial charge in [-0.05, 0) is 80.8 Å². The van der Waals surface area contributed by atoms with Crippen LogP contribution in [0.15, 0.2) is 188 Å². The van der Waals surface area contributed by atoms with Gasteiger partial charge in [0.25, 0.3) is 0 Å². The van der Waals surface area contributed by atoms with E-state index in [2.05, 4.69) is 202 Å². The Morgan fingerprint density at radius 1 is 0.364 bits per heavy atom. The third kappa shape index (κ3) is 4.57. The van der Waals surface area contributed by atoms with Crippen molar-refractivity contribution in [3.05, 3.63) is 221 Å².